The molecular formula is C31H36N2O4. The Bertz CT molecular complexity index is 1230. The number of ether oxygens (including phenoxy) is 2. The van der Waals surface area contributed by atoms with Gasteiger partial charge in [0.15, 0.2) is 0 Å². The van der Waals surface area contributed by atoms with Gasteiger partial charge >= 0.3 is 0 Å². The van der Waals surface area contributed by atoms with Gasteiger partial charge in [-0.1, -0.05) is 37.4 Å². The van der Waals surface area contributed by atoms with Gasteiger partial charge in [-0.25, -0.2) is 0 Å². The lowest BCUT2D eigenvalue weighted by atomic mass is 9.90. The Labute approximate surface area is 220 Å². The fraction of sp³-hybridized carbons (Fsp3) is 0.226. The zero-order valence-electron chi connectivity index (χ0n) is 22.5. The highest BCUT2D eigenvalue weighted by Crippen LogP contribution is 2.27. The van der Waals surface area contributed by atoms with Crippen LogP contribution >= 0.6 is 0 Å². The molecule has 37 heavy (non-hydrogen) atoms. The van der Waals surface area contributed by atoms with Crippen LogP contribution in [-0.2, 0) is 14.3 Å². The Morgan fingerprint density at radius 2 is 1.43 bits per heavy atom. The molecule has 0 aliphatic carbocycles. The number of carbonyl (C=O) groups excluding carboxylic acids is 2. The van der Waals surface area contributed by atoms with Gasteiger partial charge < -0.3 is 20.1 Å². The van der Waals surface area contributed by atoms with E-state index in [1.54, 1.807) is 69.5 Å². The molecule has 194 valence electrons. The van der Waals surface area contributed by atoms with Crippen molar-refractivity contribution in [2.75, 3.05) is 17.7 Å². The van der Waals surface area contributed by atoms with Crippen LogP contribution in [0.1, 0.15) is 34.6 Å². The number of nitrogens with one attached hydrogen (secondary N) is 2. The van der Waals surface area contributed by atoms with Crippen LogP contribution in [0.3, 0.4) is 0 Å². The van der Waals surface area contributed by atoms with Crippen LogP contribution in [0.5, 0.6) is 5.75 Å². The summed E-state index contributed by atoms with van der Waals surface area (Å²) in [5.74, 6) is 0.988. The summed E-state index contributed by atoms with van der Waals surface area (Å²) in [6.45, 7) is 16.8. The van der Waals surface area contributed by atoms with Gasteiger partial charge in [-0.05, 0) is 94.3 Å². The lowest BCUT2D eigenvalue weighted by molar-refractivity contribution is -0.135. The molecule has 0 atom stereocenters. The van der Waals surface area contributed by atoms with Crippen molar-refractivity contribution in [1.82, 2.24) is 0 Å². The predicted octanol–water partition coefficient (Wildman–Crippen LogP) is 7.18. The molecule has 0 fully saturated rings. The molecule has 0 radical (unpaired) electrons. The van der Waals surface area contributed by atoms with Crippen LogP contribution in [-0.4, -0.2) is 18.9 Å². The predicted molar refractivity (Wildman–Crippen MR) is 151 cm³/mol. The van der Waals surface area contributed by atoms with E-state index in [1.165, 1.54) is 0 Å². The Morgan fingerprint density at radius 3 is 1.89 bits per heavy atom. The number of allylic oxidation sites excluding steroid dienone is 5. The summed E-state index contributed by atoms with van der Waals surface area (Å²) in [5.41, 5.74) is 2.44. The third-order valence-corrected chi connectivity index (χ3v) is 5.49. The molecule has 2 N–H and O–H groups in total. The van der Waals surface area contributed by atoms with Crippen molar-refractivity contribution in [3.05, 3.63) is 114 Å². The number of amides is 2. The topological polar surface area (TPSA) is 76.7 Å². The third kappa shape index (κ3) is 8.10. The summed E-state index contributed by atoms with van der Waals surface area (Å²) < 4.78 is 11.6. The van der Waals surface area contributed by atoms with E-state index in [1.807, 2.05) is 45.0 Å². The zero-order chi connectivity index (χ0) is 27.6. The second-order valence-corrected chi connectivity index (χ2v) is 9.20. The van der Waals surface area contributed by atoms with Gasteiger partial charge in [0.05, 0.1) is 7.11 Å². The molecule has 6 nitrogen and oxygen atoms in total. The van der Waals surface area contributed by atoms with Crippen molar-refractivity contribution < 1.29 is 19.1 Å². The molecule has 0 saturated carbocycles. The SMILES string of the molecule is C=C/C=C(Oc1ccc(NC(=O)C(C)(C)C(=O)Nc2ccccc2)cc1)\C(=C\C(OC)=C(C)C)C(=C)C. The average Bonchev–Trinajstić information content (AvgIpc) is 2.85. The number of anilines is 2. The molecule has 0 spiro atoms. The Hall–Kier alpha value is -4.32. The third-order valence-electron chi connectivity index (χ3n) is 5.49. The summed E-state index contributed by atoms with van der Waals surface area (Å²) in [5, 5.41) is 5.58. The summed E-state index contributed by atoms with van der Waals surface area (Å²) in [6, 6.07) is 15.9. The maximum atomic E-state index is 12.9. The van der Waals surface area contributed by atoms with Crippen LogP contribution < -0.4 is 15.4 Å². The van der Waals surface area contributed by atoms with Gasteiger partial charge in [-0.3, -0.25) is 9.59 Å². The van der Waals surface area contributed by atoms with Crippen molar-refractivity contribution in [1.29, 1.82) is 0 Å². The standard InChI is InChI=1S/C31H36N2O4/c1-9-13-27(26(21(2)3)20-28(36-8)22(4)5)37-25-18-16-24(17-19-25)33-30(35)31(6,7)29(34)32-23-14-11-10-12-15-23/h9-20H,1-2H2,3-8H3,(H,32,34)(H,33,35)/b26-20+,27-13+. The molecule has 0 aromatic heterocycles. The number of rotatable bonds is 11. The normalized spacial score (nSPS) is 11.7. The lowest BCUT2D eigenvalue weighted by Crippen LogP contribution is -2.41. The molecule has 6 heteroatoms. The molecule has 0 bridgehead atoms. The first-order chi connectivity index (χ1) is 17.5. The molecule has 0 aliphatic rings. The van der Waals surface area contributed by atoms with Gasteiger partial charge in [-0.2, -0.15) is 0 Å². The molecule has 0 aliphatic heterocycles. The number of para-hydroxylation sites is 1. The quantitative estimate of drug-likeness (QED) is 0.195. The van der Waals surface area contributed by atoms with E-state index in [0.717, 1.165) is 16.7 Å². The Kier molecular flexibility index (Phi) is 10.3. The van der Waals surface area contributed by atoms with Gasteiger partial charge in [0.2, 0.25) is 11.8 Å². The van der Waals surface area contributed by atoms with Crippen molar-refractivity contribution in [3.63, 3.8) is 0 Å². The van der Waals surface area contributed by atoms with E-state index in [0.29, 0.717) is 28.6 Å². The van der Waals surface area contributed by atoms with Crippen molar-refractivity contribution in [3.8, 4) is 5.75 Å². The molecule has 0 saturated heterocycles. The lowest BCUT2D eigenvalue weighted by Gasteiger charge is -2.23. The first-order valence-electron chi connectivity index (χ1n) is 11.9. The van der Waals surface area contributed by atoms with Crippen LogP contribution in [0.2, 0.25) is 0 Å². The molecule has 2 aromatic rings. The van der Waals surface area contributed by atoms with E-state index in [2.05, 4.69) is 23.8 Å². The summed E-state index contributed by atoms with van der Waals surface area (Å²) in [7, 11) is 1.62. The minimum absolute atomic E-state index is 0.402. The fourth-order valence-corrected chi connectivity index (χ4v) is 3.16. The van der Waals surface area contributed by atoms with Crippen LogP contribution in [0.15, 0.2) is 114 Å². The molecule has 2 amide bonds. The smallest absolute Gasteiger partial charge is 0.239 e. The maximum absolute atomic E-state index is 12.9. The minimum Gasteiger partial charge on any atom is -0.497 e. The maximum Gasteiger partial charge on any atom is 0.239 e. The molecular weight excluding hydrogens is 464 g/mol. The fourth-order valence-electron chi connectivity index (χ4n) is 3.16. The van der Waals surface area contributed by atoms with Crippen LogP contribution in [0.25, 0.3) is 0 Å². The monoisotopic (exact) mass is 500 g/mol. The highest BCUT2D eigenvalue weighted by atomic mass is 16.5. The van der Waals surface area contributed by atoms with Crippen molar-refractivity contribution >= 4 is 23.2 Å². The Balaban J connectivity index is 2.18. The summed E-state index contributed by atoms with van der Waals surface area (Å²) in [4.78, 5) is 25.6. The zero-order valence-corrected chi connectivity index (χ0v) is 22.5. The van der Waals surface area contributed by atoms with Crippen molar-refractivity contribution in [2.24, 2.45) is 5.41 Å². The first kappa shape index (κ1) is 28.9. The van der Waals surface area contributed by atoms with Gasteiger partial charge in [0, 0.05) is 16.9 Å². The number of benzene rings is 2. The molecule has 0 heterocycles. The number of hydrogen-bond acceptors (Lipinski definition) is 4. The molecule has 2 aromatic carbocycles. The average molecular weight is 501 g/mol. The van der Waals surface area contributed by atoms with Crippen LogP contribution in [0.4, 0.5) is 11.4 Å². The highest BCUT2D eigenvalue weighted by Gasteiger charge is 2.36. The van der Waals surface area contributed by atoms with Gasteiger partial charge in [-0.15, -0.1) is 0 Å². The van der Waals surface area contributed by atoms with Crippen molar-refractivity contribution in [2.45, 2.75) is 34.6 Å². The van der Waals surface area contributed by atoms with E-state index in [-0.39, 0.29) is 0 Å². The van der Waals surface area contributed by atoms with Gasteiger partial charge in [0.25, 0.3) is 0 Å². The van der Waals surface area contributed by atoms with Gasteiger partial charge in [0.1, 0.15) is 22.7 Å². The number of carbonyl (C=O) groups is 2. The van der Waals surface area contributed by atoms with Crippen LogP contribution in [0, 0.1) is 5.41 Å². The minimum atomic E-state index is -1.30. The van der Waals surface area contributed by atoms with E-state index < -0.39 is 17.2 Å². The van der Waals surface area contributed by atoms with E-state index in [9.17, 15) is 9.59 Å². The second kappa shape index (κ2) is 13.1. The summed E-state index contributed by atoms with van der Waals surface area (Å²) in [6.07, 6.45) is 5.27. The largest absolute Gasteiger partial charge is 0.497 e. The summed E-state index contributed by atoms with van der Waals surface area (Å²) >= 11 is 0. The highest BCUT2D eigenvalue weighted by molar-refractivity contribution is 6.14. The second-order valence-electron chi connectivity index (χ2n) is 9.20. The number of methoxy groups -OCH3 is 1. The van der Waals surface area contributed by atoms with E-state index in [4.69, 9.17) is 9.47 Å². The van der Waals surface area contributed by atoms with E-state index >= 15 is 0 Å². The molecule has 2 rings (SSSR count). The number of hydrogen-bond donors (Lipinski definition) is 2. The Morgan fingerprint density at radius 1 is 0.892 bits per heavy atom. The molecule has 0 unspecified atom stereocenters. The first-order valence-corrected chi connectivity index (χ1v) is 11.9.